The molecule has 0 saturated carbocycles. The third kappa shape index (κ3) is 3.40. The monoisotopic (exact) mass is 322 g/mol. The Morgan fingerprint density at radius 3 is 2.54 bits per heavy atom. The highest BCUT2D eigenvalue weighted by atomic mass is 16.2. The van der Waals surface area contributed by atoms with Gasteiger partial charge in [-0.2, -0.15) is 0 Å². The zero-order chi connectivity index (χ0) is 16.9. The lowest BCUT2D eigenvalue weighted by atomic mass is 10.2. The molecule has 0 aliphatic carbocycles. The molecule has 0 aromatic carbocycles. The van der Waals surface area contributed by atoms with Crippen molar-refractivity contribution < 1.29 is 4.79 Å². The van der Waals surface area contributed by atoms with Crippen molar-refractivity contribution >= 4 is 11.9 Å². The van der Waals surface area contributed by atoms with E-state index >= 15 is 0 Å². The van der Waals surface area contributed by atoms with Gasteiger partial charge in [0.2, 0.25) is 5.95 Å². The number of carbonyl (C=O) groups is 1. The molecule has 0 saturated heterocycles. The number of amides is 1. The molecular formula is C17H18N6O. The van der Waals surface area contributed by atoms with E-state index in [0.29, 0.717) is 18.1 Å². The normalized spacial score (nSPS) is 10.4. The number of hydrogen-bond acceptors (Lipinski definition) is 5. The Kier molecular flexibility index (Phi) is 4.51. The summed E-state index contributed by atoms with van der Waals surface area (Å²) >= 11 is 0. The van der Waals surface area contributed by atoms with Crippen LogP contribution in [0.15, 0.2) is 48.9 Å². The second-order valence-corrected chi connectivity index (χ2v) is 5.34. The molecule has 3 heterocycles. The van der Waals surface area contributed by atoms with E-state index in [1.807, 2.05) is 38.1 Å². The fraction of sp³-hybridized carbons (Fsp3) is 0.176. The molecule has 0 aliphatic rings. The number of nitrogens with zero attached hydrogens (tertiary/aromatic N) is 4. The number of nitrogens with one attached hydrogen (secondary N) is 2. The minimum Gasteiger partial charge on any atom is -0.342 e. The molecule has 0 bridgehead atoms. The number of aromatic nitrogens is 4. The lowest BCUT2D eigenvalue weighted by Crippen LogP contribution is -2.30. The van der Waals surface area contributed by atoms with E-state index in [2.05, 4.69) is 30.4 Å². The fourth-order valence-electron chi connectivity index (χ4n) is 2.47. The van der Waals surface area contributed by atoms with E-state index in [-0.39, 0.29) is 5.91 Å². The molecule has 0 aliphatic heterocycles. The first-order chi connectivity index (χ1) is 11.6. The molecule has 0 radical (unpaired) electrons. The van der Waals surface area contributed by atoms with Gasteiger partial charge in [0.05, 0.1) is 17.8 Å². The molecule has 3 rings (SSSR count). The van der Waals surface area contributed by atoms with Gasteiger partial charge in [0, 0.05) is 30.0 Å². The molecule has 7 heteroatoms. The average molecular weight is 322 g/mol. The summed E-state index contributed by atoms with van der Waals surface area (Å²) in [7, 11) is 0. The zero-order valence-corrected chi connectivity index (χ0v) is 13.5. The highest BCUT2D eigenvalue weighted by molar-refractivity contribution is 5.96. The van der Waals surface area contributed by atoms with Crippen LogP contribution < -0.4 is 10.9 Å². The fourth-order valence-corrected chi connectivity index (χ4v) is 2.47. The Morgan fingerprint density at radius 2 is 1.83 bits per heavy atom. The third-order valence-corrected chi connectivity index (χ3v) is 3.72. The maximum atomic E-state index is 12.4. The molecule has 3 aromatic rings. The van der Waals surface area contributed by atoms with Gasteiger partial charge in [-0.25, -0.2) is 9.97 Å². The van der Waals surface area contributed by atoms with Crippen LogP contribution in [-0.2, 0) is 6.54 Å². The highest BCUT2D eigenvalue weighted by Crippen LogP contribution is 2.16. The second-order valence-electron chi connectivity index (χ2n) is 5.34. The molecule has 24 heavy (non-hydrogen) atoms. The zero-order valence-electron chi connectivity index (χ0n) is 13.5. The van der Waals surface area contributed by atoms with Crippen LogP contribution in [0.3, 0.4) is 0 Å². The van der Waals surface area contributed by atoms with Crippen LogP contribution in [0.5, 0.6) is 0 Å². The summed E-state index contributed by atoms with van der Waals surface area (Å²) < 4.78 is 2.07. The Balaban J connectivity index is 1.74. The van der Waals surface area contributed by atoms with Crippen molar-refractivity contribution in [1.29, 1.82) is 0 Å². The van der Waals surface area contributed by atoms with Crippen molar-refractivity contribution in [1.82, 2.24) is 24.9 Å². The molecule has 0 atom stereocenters. The Morgan fingerprint density at radius 1 is 1.08 bits per heavy atom. The summed E-state index contributed by atoms with van der Waals surface area (Å²) in [6.45, 7) is 4.52. The second kappa shape index (κ2) is 6.91. The van der Waals surface area contributed by atoms with Crippen LogP contribution in [0.2, 0.25) is 0 Å². The number of rotatable bonds is 5. The van der Waals surface area contributed by atoms with Crippen molar-refractivity contribution in [3.8, 4) is 0 Å². The average Bonchev–Trinajstić information content (AvgIpc) is 2.90. The van der Waals surface area contributed by atoms with Crippen LogP contribution in [0.25, 0.3) is 0 Å². The van der Waals surface area contributed by atoms with E-state index < -0.39 is 0 Å². The number of hydrogen-bond donors (Lipinski definition) is 2. The Bertz CT molecular complexity index is 829. The van der Waals surface area contributed by atoms with E-state index in [0.717, 1.165) is 17.1 Å². The Labute approximate surface area is 139 Å². The van der Waals surface area contributed by atoms with Crippen molar-refractivity contribution in [2.75, 3.05) is 5.43 Å². The van der Waals surface area contributed by atoms with Crippen LogP contribution in [-0.4, -0.2) is 25.4 Å². The van der Waals surface area contributed by atoms with Gasteiger partial charge in [0.15, 0.2) is 0 Å². The van der Waals surface area contributed by atoms with Crippen molar-refractivity contribution in [3.63, 3.8) is 0 Å². The first-order valence-electron chi connectivity index (χ1n) is 7.55. The third-order valence-electron chi connectivity index (χ3n) is 3.72. The summed E-state index contributed by atoms with van der Waals surface area (Å²) in [5.41, 5.74) is 8.75. The highest BCUT2D eigenvalue weighted by Gasteiger charge is 2.16. The number of hydrazine groups is 1. The van der Waals surface area contributed by atoms with Gasteiger partial charge >= 0.3 is 0 Å². The molecule has 0 unspecified atom stereocenters. The molecule has 2 N–H and O–H groups in total. The van der Waals surface area contributed by atoms with Gasteiger partial charge < -0.3 is 4.57 Å². The summed E-state index contributed by atoms with van der Waals surface area (Å²) in [6, 6.07) is 9.37. The standard InChI is InChI=1S/C17H18N6O/c1-12-10-15(16(24)21-22-17-19-8-5-9-20-17)13(2)23(12)11-14-6-3-4-7-18-14/h3-10H,11H2,1-2H3,(H,21,24)(H,19,20,22). The summed E-state index contributed by atoms with van der Waals surface area (Å²) in [6.07, 6.45) is 4.96. The quantitative estimate of drug-likeness (QED) is 0.703. The molecule has 0 fully saturated rings. The van der Waals surface area contributed by atoms with Gasteiger partial charge in [-0.1, -0.05) is 6.07 Å². The molecule has 3 aromatic heterocycles. The van der Waals surface area contributed by atoms with Gasteiger partial charge in [-0.3, -0.25) is 20.6 Å². The minimum absolute atomic E-state index is 0.233. The topological polar surface area (TPSA) is 84.7 Å². The number of carbonyl (C=O) groups excluding carboxylic acids is 1. The van der Waals surface area contributed by atoms with E-state index in [9.17, 15) is 4.79 Å². The van der Waals surface area contributed by atoms with Gasteiger partial charge in [0.1, 0.15) is 0 Å². The molecular weight excluding hydrogens is 304 g/mol. The van der Waals surface area contributed by atoms with Crippen LogP contribution >= 0.6 is 0 Å². The maximum absolute atomic E-state index is 12.4. The predicted molar refractivity (Wildman–Crippen MR) is 90.4 cm³/mol. The summed E-state index contributed by atoms with van der Waals surface area (Å²) in [5, 5.41) is 0. The Hall–Kier alpha value is -3.22. The van der Waals surface area contributed by atoms with E-state index in [1.165, 1.54) is 0 Å². The van der Waals surface area contributed by atoms with E-state index in [4.69, 9.17) is 0 Å². The largest absolute Gasteiger partial charge is 0.342 e. The molecule has 1 amide bonds. The number of anilines is 1. The summed E-state index contributed by atoms with van der Waals surface area (Å²) in [5.74, 6) is 0.107. The van der Waals surface area contributed by atoms with Crippen molar-refractivity contribution in [2.45, 2.75) is 20.4 Å². The molecule has 122 valence electrons. The predicted octanol–water partition coefficient (Wildman–Crippen LogP) is 2.10. The number of pyridine rings is 1. The lowest BCUT2D eigenvalue weighted by molar-refractivity contribution is 0.0961. The number of aryl methyl sites for hydroxylation is 1. The lowest BCUT2D eigenvalue weighted by Gasteiger charge is -2.10. The molecule has 0 spiro atoms. The van der Waals surface area contributed by atoms with Crippen LogP contribution in [0.1, 0.15) is 27.4 Å². The smallest absolute Gasteiger partial charge is 0.271 e. The minimum atomic E-state index is -0.233. The first kappa shape index (κ1) is 15.7. The first-order valence-corrected chi connectivity index (χ1v) is 7.55. The van der Waals surface area contributed by atoms with Gasteiger partial charge in [-0.15, -0.1) is 0 Å². The van der Waals surface area contributed by atoms with Crippen LogP contribution in [0.4, 0.5) is 5.95 Å². The maximum Gasteiger partial charge on any atom is 0.271 e. The SMILES string of the molecule is Cc1cc(C(=O)NNc2ncccn2)c(C)n1Cc1ccccn1. The van der Waals surface area contributed by atoms with E-state index in [1.54, 1.807) is 24.7 Å². The van der Waals surface area contributed by atoms with Crippen molar-refractivity contribution in [2.24, 2.45) is 0 Å². The summed E-state index contributed by atoms with van der Waals surface area (Å²) in [4.78, 5) is 24.7. The molecule has 7 nitrogen and oxygen atoms in total. The van der Waals surface area contributed by atoms with Gasteiger partial charge in [-0.05, 0) is 38.1 Å². The van der Waals surface area contributed by atoms with Crippen molar-refractivity contribution in [3.05, 3.63) is 71.6 Å². The van der Waals surface area contributed by atoms with Gasteiger partial charge in [0.25, 0.3) is 5.91 Å². The van der Waals surface area contributed by atoms with Crippen LogP contribution in [0, 0.1) is 13.8 Å².